The molecule has 0 saturated carbocycles. The van der Waals surface area contributed by atoms with Gasteiger partial charge in [-0.15, -0.1) is 0 Å². The van der Waals surface area contributed by atoms with Crippen LogP contribution < -0.4 is 9.64 Å². The Bertz CT molecular complexity index is 770. The second-order valence-corrected chi connectivity index (χ2v) is 6.02. The maximum atomic E-state index is 12.3. The highest BCUT2D eigenvalue weighted by molar-refractivity contribution is 9.10. The highest BCUT2D eigenvalue weighted by atomic mass is 79.9. The SMILES string of the molecule is COc1ccc(N2C(=O)C(O)=CC2(O)c2ccc(Br)cc2)cc1. The van der Waals surface area contributed by atoms with Crippen LogP contribution in [-0.2, 0) is 10.5 Å². The minimum atomic E-state index is -1.75. The van der Waals surface area contributed by atoms with Crippen molar-refractivity contribution in [3.05, 3.63) is 70.4 Å². The molecule has 5 nitrogen and oxygen atoms in total. The number of rotatable bonds is 3. The largest absolute Gasteiger partial charge is 0.503 e. The van der Waals surface area contributed by atoms with Gasteiger partial charge in [0.15, 0.2) is 11.5 Å². The number of methoxy groups -OCH3 is 1. The predicted octanol–water partition coefficient (Wildman–Crippen LogP) is 3.09. The first-order chi connectivity index (χ1) is 11.0. The van der Waals surface area contributed by atoms with E-state index >= 15 is 0 Å². The number of nitrogens with zero attached hydrogens (tertiary/aromatic N) is 1. The van der Waals surface area contributed by atoms with Crippen molar-refractivity contribution in [3.63, 3.8) is 0 Å². The molecule has 3 rings (SSSR count). The number of amides is 1. The summed E-state index contributed by atoms with van der Waals surface area (Å²) in [6.45, 7) is 0. The van der Waals surface area contributed by atoms with Gasteiger partial charge in [0, 0.05) is 21.8 Å². The van der Waals surface area contributed by atoms with Gasteiger partial charge in [-0.3, -0.25) is 9.69 Å². The number of hydrogen-bond donors (Lipinski definition) is 2. The normalized spacial score (nSPS) is 20.6. The Labute approximate surface area is 141 Å². The molecule has 0 saturated heterocycles. The van der Waals surface area contributed by atoms with Gasteiger partial charge in [-0.05, 0) is 36.4 Å². The Hall–Kier alpha value is -2.31. The summed E-state index contributed by atoms with van der Waals surface area (Å²) in [5, 5.41) is 20.9. The summed E-state index contributed by atoms with van der Waals surface area (Å²) in [5.41, 5.74) is -0.841. The van der Waals surface area contributed by atoms with Crippen molar-refractivity contribution < 1.29 is 19.7 Å². The molecule has 6 heteroatoms. The summed E-state index contributed by atoms with van der Waals surface area (Å²) < 4.78 is 5.94. The zero-order chi connectivity index (χ0) is 16.6. The maximum Gasteiger partial charge on any atom is 0.295 e. The molecule has 23 heavy (non-hydrogen) atoms. The molecule has 0 aromatic heterocycles. The number of ether oxygens (including phenoxy) is 1. The Kier molecular flexibility index (Phi) is 3.87. The number of aliphatic hydroxyl groups excluding tert-OH is 1. The summed E-state index contributed by atoms with van der Waals surface area (Å²) in [4.78, 5) is 13.5. The molecular formula is C17H14BrNO4. The van der Waals surface area contributed by atoms with E-state index in [9.17, 15) is 15.0 Å². The minimum Gasteiger partial charge on any atom is -0.503 e. The fourth-order valence-corrected chi connectivity index (χ4v) is 2.80. The number of carbonyl (C=O) groups is 1. The number of carbonyl (C=O) groups excluding carboxylic acids is 1. The Morgan fingerprint density at radius 3 is 2.26 bits per heavy atom. The van der Waals surface area contributed by atoms with E-state index in [2.05, 4.69) is 15.9 Å². The average molecular weight is 376 g/mol. The third-order valence-electron chi connectivity index (χ3n) is 3.70. The van der Waals surface area contributed by atoms with Crippen molar-refractivity contribution in [2.24, 2.45) is 0 Å². The Morgan fingerprint density at radius 1 is 1.09 bits per heavy atom. The van der Waals surface area contributed by atoms with Crippen LogP contribution in [0.2, 0.25) is 0 Å². The first-order valence-corrected chi connectivity index (χ1v) is 7.64. The van der Waals surface area contributed by atoms with Gasteiger partial charge >= 0.3 is 0 Å². The molecule has 1 atom stereocenters. The fourth-order valence-electron chi connectivity index (χ4n) is 2.54. The van der Waals surface area contributed by atoms with Crippen LogP contribution in [0.25, 0.3) is 0 Å². The molecule has 2 aromatic rings. The summed E-state index contributed by atoms with van der Waals surface area (Å²) in [6, 6.07) is 13.5. The van der Waals surface area contributed by atoms with E-state index in [0.29, 0.717) is 17.0 Å². The molecule has 118 valence electrons. The third kappa shape index (κ3) is 2.60. The standard InChI is InChI=1S/C17H14BrNO4/c1-23-14-8-6-13(7-9-14)19-16(21)15(20)10-17(19,22)11-2-4-12(18)5-3-11/h2-10,20,22H,1H3. The van der Waals surface area contributed by atoms with Crippen molar-refractivity contribution in [1.29, 1.82) is 0 Å². The molecule has 1 aliphatic heterocycles. The molecule has 0 fully saturated rings. The van der Waals surface area contributed by atoms with E-state index in [4.69, 9.17) is 4.74 Å². The van der Waals surface area contributed by atoms with Crippen LogP contribution >= 0.6 is 15.9 Å². The van der Waals surface area contributed by atoms with Crippen LogP contribution in [0.5, 0.6) is 5.75 Å². The van der Waals surface area contributed by atoms with Crippen LogP contribution in [0.1, 0.15) is 5.56 Å². The zero-order valence-corrected chi connectivity index (χ0v) is 13.8. The van der Waals surface area contributed by atoms with Crippen LogP contribution in [-0.4, -0.2) is 23.2 Å². The number of anilines is 1. The lowest BCUT2D eigenvalue weighted by Gasteiger charge is -2.33. The van der Waals surface area contributed by atoms with Crippen molar-refractivity contribution in [3.8, 4) is 5.75 Å². The van der Waals surface area contributed by atoms with Gasteiger partial charge in [-0.1, -0.05) is 28.1 Å². The summed E-state index contributed by atoms with van der Waals surface area (Å²) in [5.74, 6) is -0.531. The molecule has 0 radical (unpaired) electrons. The van der Waals surface area contributed by atoms with E-state index < -0.39 is 17.4 Å². The van der Waals surface area contributed by atoms with Gasteiger partial charge in [0.1, 0.15) is 5.75 Å². The molecule has 0 aliphatic carbocycles. The Morgan fingerprint density at radius 2 is 1.70 bits per heavy atom. The summed E-state index contributed by atoms with van der Waals surface area (Å²) in [7, 11) is 1.54. The van der Waals surface area contributed by atoms with Gasteiger partial charge < -0.3 is 14.9 Å². The molecular weight excluding hydrogens is 362 g/mol. The first kappa shape index (κ1) is 15.6. The minimum absolute atomic E-state index is 0.446. The number of hydrogen-bond acceptors (Lipinski definition) is 4. The molecule has 1 aliphatic rings. The van der Waals surface area contributed by atoms with Crippen LogP contribution in [0.15, 0.2) is 64.8 Å². The summed E-state index contributed by atoms with van der Waals surface area (Å²) in [6.07, 6.45) is 1.14. The molecule has 0 bridgehead atoms. The summed E-state index contributed by atoms with van der Waals surface area (Å²) >= 11 is 3.33. The van der Waals surface area contributed by atoms with E-state index in [-0.39, 0.29) is 0 Å². The van der Waals surface area contributed by atoms with Gasteiger partial charge in [-0.25, -0.2) is 0 Å². The second-order valence-electron chi connectivity index (χ2n) is 5.10. The average Bonchev–Trinajstić information content (AvgIpc) is 2.78. The van der Waals surface area contributed by atoms with E-state index in [1.165, 1.54) is 0 Å². The van der Waals surface area contributed by atoms with Gasteiger partial charge in [0.05, 0.1) is 7.11 Å². The van der Waals surface area contributed by atoms with Crippen LogP contribution in [0.3, 0.4) is 0 Å². The quantitative estimate of drug-likeness (QED) is 0.864. The van der Waals surface area contributed by atoms with Gasteiger partial charge in [-0.2, -0.15) is 0 Å². The fraction of sp³-hybridized carbons (Fsp3) is 0.118. The third-order valence-corrected chi connectivity index (χ3v) is 4.23. The molecule has 2 aromatic carbocycles. The highest BCUT2D eigenvalue weighted by Gasteiger charge is 2.46. The number of benzene rings is 2. The highest BCUT2D eigenvalue weighted by Crippen LogP contribution is 2.39. The van der Waals surface area contributed by atoms with Gasteiger partial charge in [0.2, 0.25) is 0 Å². The zero-order valence-electron chi connectivity index (χ0n) is 12.2. The second kappa shape index (κ2) is 5.72. The van der Waals surface area contributed by atoms with Crippen LogP contribution in [0, 0.1) is 0 Å². The molecule has 1 unspecified atom stereocenters. The van der Waals surface area contributed by atoms with E-state index in [0.717, 1.165) is 15.4 Å². The number of aliphatic hydroxyl groups is 2. The smallest absolute Gasteiger partial charge is 0.295 e. The lowest BCUT2D eigenvalue weighted by Crippen LogP contribution is -2.44. The predicted molar refractivity (Wildman–Crippen MR) is 89.2 cm³/mol. The van der Waals surface area contributed by atoms with Crippen molar-refractivity contribution in [2.75, 3.05) is 12.0 Å². The molecule has 1 amide bonds. The lowest BCUT2D eigenvalue weighted by molar-refractivity contribution is -0.119. The molecule has 2 N–H and O–H groups in total. The maximum absolute atomic E-state index is 12.3. The number of halogens is 1. The van der Waals surface area contributed by atoms with Crippen LogP contribution in [0.4, 0.5) is 5.69 Å². The molecule has 1 heterocycles. The monoisotopic (exact) mass is 375 g/mol. The lowest BCUT2D eigenvalue weighted by atomic mass is 10.0. The van der Waals surface area contributed by atoms with Crippen molar-refractivity contribution in [2.45, 2.75) is 5.72 Å². The van der Waals surface area contributed by atoms with Crippen molar-refractivity contribution in [1.82, 2.24) is 0 Å². The first-order valence-electron chi connectivity index (χ1n) is 6.84. The van der Waals surface area contributed by atoms with Gasteiger partial charge in [0.25, 0.3) is 5.91 Å². The van der Waals surface area contributed by atoms with Crippen molar-refractivity contribution >= 4 is 27.5 Å². The van der Waals surface area contributed by atoms with E-state index in [1.807, 2.05) is 0 Å². The molecule has 0 spiro atoms. The topological polar surface area (TPSA) is 70.0 Å². The Balaban J connectivity index is 2.09. The van der Waals surface area contributed by atoms with E-state index in [1.54, 1.807) is 55.6 Å².